The molecular formula is C18H18N4O2. The molecule has 0 unspecified atom stereocenters. The van der Waals surface area contributed by atoms with Crippen LogP contribution in [0.3, 0.4) is 0 Å². The summed E-state index contributed by atoms with van der Waals surface area (Å²) in [6.45, 7) is 1.40. The SMILES string of the molecule is O[C@@H]1CCCN(c2ncc(-c3ccccn3)c(-c3ccco3)n2)C1. The van der Waals surface area contributed by atoms with Gasteiger partial charge in [0.1, 0.15) is 5.69 Å². The van der Waals surface area contributed by atoms with E-state index in [1.807, 2.05) is 35.2 Å². The number of piperidine rings is 1. The highest BCUT2D eigenvalue weighted by Crippen LogP contribution is 2.31. The van der Waals surface area contributed by atoms with Crippen molar-refractivity contribution in [2.45, 2.75) is 18.9 Å². The second kappa shape index (κ2) is 6.41. The van der Waals surface area contributed by atoms with E-state index >= 15 is 0 Å². The summed E-state index contributed by atoms with van der Waals surface area (Å²) in [7, 11) is 0. The molecule has 0 aromatic carbocycles. The molecule has 1 aliphatic rings. The van der Waals surface area contributed by atoms with Crippen molar-refractivity contribution >= 4 is 5.95 Å². The summed E-state index contributed by atoms with van der Waals surface area (Å²) in [5.74, 6) is 1.29. The van der Waals surface area contributed by atoms with E-state index in [2.05, 4.69) is 9.97 Å². The van der Waals surface area contributed by atoms with E-state index in [9.17, 15) is 5.11 Å². The predicted octanol–water partition coefficient (Wildman–Crippen LogP) is 2.76. The van der Waals surface area contributed by atoms with Crippen LogP contribution in [0.15, 0.2) is 53.4 Å². The van der Waals surface area contributed by atoms with Gasteiger partial charge in [-0.25, -0.2) is 9.97 Å². The number of rotatable bonds is 3. The predicted molar refractivity (Wildman–Crippen MR) is 90.4 cm³/mol. The summed E-state index contributed by atoms with van der Waals surface area (Å²) in [6.07, 6.45) is 6.59. The van der Waals surface area contributed by atoms with Crippen LogP contribution in [-0.2, 0) is 0 Å². The number of hydrogen-bond acceptors (Lipinski definition) is 6. The van der Waals surface area contributed by atoms with Crippen molar-refractivity contribution in [3.63, 3.8) is 0 Å². The second-order valence-electron chi connectivity index (χ2n) is 5.87. The molecule has 0 aliphatic carbocycles. The first kappa shape index (κ1) is 14.8. The van der Waals surface area contributed by atoms with E-state index in [4.69, 9.17) is 9.40 Å². The number of pyridine rings is 1. The number of anilines is 1. The monoisotopic (exact) mass is 322 g/mol. The molecule has 1 aliphatic heterocycles. The minimum absolute atomic E-state index is 0.329. The number of hydrogen-bond donors (Lipinski definition) is 1. The molecule has 0 spiro atoms. The molecule has 0 saturated carbocycles. The normalized spacial score (nSPS) is 17.9. The van der Waals surface area contributed by atoms with Crippen LogP contribution in [0.4, 0.5) is 5.95 Å². The Hall–Kier alpha value is -2.73. The number of nitrogens with zero attached hydrogens (tertiary/aromatic N) is 4. The molecule has 4 heterocycles. The average molecular weight is 322 g/mol. The molecule has 0 amide bonds. The first-order valence-corrected chi connectivity index (χ1v) is 8.06. The van der Waals surface area contributed by atoms with Gasteiger partial charge in [0.2, 0.25) is 5.95 Å². The van der Waals surface area contributed by atoms with Gasteiger partial charge in [0.25, 0.3) is 0 Å². The minimum Gasteiger partial charge on any atom is -0.463 e. The molecule has 1 N–H and O–H groups in total. The second-order valence-corrected chi connectivity index (χ2v) is 5.87. The van der Waals surface area contributed by atoms with Gasteiger partial charge in [0, 0.05) is 31.0 Å². The minimum atomic E-state index is -0.329. The first-order chi connectivity index (χ1) is 11.8. The molecule has 4 rings (SSSR count). The van der Waals surface area contributed by atoms with Crippen LogP contribution in [0.1, 0.15) is 12.8 Å². The zero-order valence-electron chi connectivity index (χ0n) is 13.2. The van der Waals surface area contributed by atoms with Gasteiger partial charge in [0.05, 0.1) is 18.1 Å². The summed E-state index contributed by atoms with van der Waals surface area (Å²) in [5.41, 5.74) is 2.34. The fourth-order valence-electron chi connectivity index (χ4n) is 2.97. The lowest BCUT2D eigenvalue weighted by molar-refractivity contribution is 0.153. The van der Waals surface area contributed by atoms with Gasteiger partial charge >= 0.3 is 0 Å². The highest BCUT2D eigenvalue weighted by Gasteiger charge is 2.22. The Morgan fingerprint density at radius 1 is 1.17 bits per heavy atom. The Morgan fingerprint density at radius 2 is 2.12 bits per heavy atom. The van der Waals surface area contributed by atoms with Gasteiger partial charge in [-0.05, 0) is 37.1 Å². The third-order valence-electron chi connectivity index (χ3n) is 4.15. The van der Waals surface area contributed by atoms with Gasteiger partial charge in [-0.3, -0.25) is 4.98 Å². The van der Waals surface area contributed by atoms with Crippen LogP contribution in [0.5, 0.6) is 0 Å². The zero-order valence-corrected chi connectivity index (χ0v) is 13.2. The van der Waals surface area contributed by atoms with Gasteiger partial charge in [-0.15, -0.1) is 0 Å². The van der Waals surface area contributed by atoms with Crippen molar-refractivity contribution in [3.05, 3.63) is 49.0 Å². The molecule has 1 saturated heterocycles. The van der Waals surface area contributed by atoms with Gasteiger partial charge in [0.15, 0.2) is 5.76 Å². The van der Waals surface area contributed by atoms with Gasteiger partial charge < -0.3 is 14.4 Å². The van der Waals surface area contributed by atoms with Crippen LogP contribution in [-0.4, -0.2) is 39.3 Å². The van der Waals surface area contributed by atoms with E-state index in [1.54, 1.807) is 18.7 Å². The molecule has 0 bridgehead atoms. The highest BCUT2D eigenvalue weighted by molar-refractivity contribution is 5.76. The first-order valence-electron chi connectivity index (χ1n) is 8.06. The number of β-amino-alcohol motifs (C(OH)–C–C–N with tert-alkyl or cyclic N) is 1. The maximum atomic E-state index is 9.90. The van der Waals surface area contributed by atoms with Crippen molar-refractivity contribution in [2.75, 3.05) is 18.0 Å². The lowest BCUT2D eigenvalue weighted by Crippen LogP contribution is -2.39. The van der Waals surface area contributed by atoms with Crippen molar-refractivity contribution in [2.24, 2.45) is 0 Å². The largest absolute Gasteiger partial charge is 0.463 e. The number of aliphatic hydroxyl groups is 1. The van der Waals surface area contributed by atoms with E-state index < -0.39 is 0 Å². The summed E-state index contributed by atoms with van der Waals surface area (Å²) in [6, 6.07) is 9.45. The maximum absolute atomic E-state index is 9.90. The van der Waals surface area contributed by atoms with E-state index in [0.29, 0.717) is 23.9 Å². The molecule has 3 aromatic heterocycles. The molecule has 0 radical (unpaired) electrons. The molecule has 3 aromatic rings. The van der Waals surface area contributed by atoms with Crippen molar-refractivity contribution < 1.29 is 9.52 Å². The molecule has 24 heavy (non-hydrogen) atoms. The summed E-state index contributed by atoms with van der Waals surface area (Å²) >= 11 is 0. The average Bonchev–Trinajstić information content (AvgIpc) is 3.16. The Bertz CT molecular complexity index is 805. The summed E-state index contributed by atoms with van der Waals surface area (Å²) in [5, 5.41) is 9.90. The molecule has 6 heteroatoms. The van der Waals surface area contributed by atoms with Crippen molar-refractivity contribution in [1.29, 1.82) is 0 Å². The number of furan rings is 1. The van der Waals surface area contributed by atoms with Crippen LogP contribution in [0, 0.1) is 0 Å². The van der Waals surface area contributed by atoms with Crippen LogP contribution in [0.25, 0.3) is 22.7 Å². The maximum Gasteiger partial charge on any atom is 0.226 e. The standard InChI is InChI=1S/C18H18N4O2/c23-13-5-3-9-22(12-13)18-20-11-14(15-6-1-2-8-19-15)17(21-18)16-7-4-10-24-16/h1-2,4,6-8,10-11,13,23H,3,5,9,12H2/t13-/m1/s1. The van der Waals surface area contributed by atoms with Crippen LogP contribution < -0.4 is 4.90 Å². The molecular weight excluding hydrogens is 304 g/mol. The Morgan fingerprint density at radius 3 is 2.88 bits per heavy atom. The highest BCUT2D eigenvalue weighted by atomic mass is 16.3. The fraction of sp³-hybridized carbons (Fsp3) is 0.278. The Kier molecular flexibility index (Phi) is 3.96. The number of aliphatic hydroxyl groups excluding tert-OH is 1. The van der Waals surface area contributed by atoms with Crippen LogP contribution >= 0.6 is 0 Å². The molecule has 6 nitrogen and oxygen atoms in total. The van der Waals surface area contributed by atoms with Crippen LogP contribution in [0.2, 0.25) is 0 Å². The smallest absolute Gasteiger partial charge is 0.226 e. The third kappa shape index (κ3) is 2.88. The summed E-state index contributed by atoms with van der Waals surface area (Å²) in [4.78, 5) is 15.6. The topological polar surface area (TPSA) is 75.3 Å². The lowest BCUT2D eigenvalue weighted by atomic mass is 10.1. The fourth-order valence-corrected chi connectivity index (χ4v) is 2.97. The zero-order chi connectivity index (χ0) is 16.4. The van der Waals surface area contributed by atoms with E-state index in [-0.39, 0.29) is 6.10 Å². The van der Waals surface area contributed by atoms with Crippen molar-refractivity contribution in [3.8, 4) is 22.7 Å². The number of aromatic nitrogens is 3. The molecule has 122 valence electrons. The van der Waals surface area contributed by atoms with Gasteiger partial charge in [-0.2, -0.15) is 0 Å². The Labute approximate surface area is 139 Å². The molecule has 1 fully saturated rings. The van der Waals surface area contributed by atoms with Gasteiger partial charge in [-0.1, -0.05) is 6.07 Å². The lowest BCUT2D eigenvalue weighted by Gasteiger charge is -2.30. The third-order valence-corrected chi connectivity index (χ3v) is 4.15. The summed E-state index contributed by atoms with van der Waals surface area (Å²) < 4.78 is 5.56. The van der Waals surface area contributed by atoms with E-state index in [1.165, 1.54) is 0 Å². The van der Waals surface area contributed by atoms with E-state index in [0.717, 1.165) is 30.6 Å². The van der Waals surface area contributed by atoms with Crippen molar-refractivity contribution in [1.82, 2.24) is 15.0 Å². The quantitative estimate of drug-likeness (QED) is 0.799. The molecule has 1 atom stereocenters. The Balaban J connectivity index is 1.78.